The SMILES string of the molecule is Nc1c(O)ccc([SeH])c1S. The number of phenols is 1. The van der Waals surface area contributed by atoms with Crippen molar-refractivity contribution in [3.63, 3.8) is 0 Å². The first-order chi connectivity index (χ1) is 4.63. The fraction of sp³-hybridized carbons (Fsp3) is 0. The summed E-state index contributed by atoms with van der Waals surface area (Å²) >= 11 is 6.41. The molecule has 0 unspecified atom stereocenters. The van der Waals surface area contributed by atoms with Gasteiger partial charge in [0.15, 0.2) is 0 Å². The van der Waals surface area contributed by atoms with Gasteiger partial charge in [-0.15, -0.1) is 0 Å². The summed E-state index contributed by atoms with van der Waals surface area (Å²) in [5.74, 6) is 0.0831. The second-order valence-electron chi connectivity index (χ2n) is 1.87. The average Bonchev–Trinajstić information content (AvgIpc) is 1.93. The molecule has 0 atom stereocenters. The summed E-state index contributed by atoms with van der Waals surface area (Å²) < 4.78 is 0.908. The molecule has 0 aliphatic carbocycles. The molecule has 1 rings (SSSR count). The molecule has 0 amide bonds. The summed E-state index contributed by atoms with van der Waals surface area (Å²) in [4.78, 5) is 0.625. The van der Waals surface area contributed by atoms with Crippen LogP contribution in [0.5, 0.6) is 5.75 Å². The van der Waals surface area contributed by atoms with Crippen molar-refractivity contribution in [2.45, 2.75) is 4.90 Å². The predicted molar refractivity (Wildman–Crippen MR) is 46.6 cm³/mol. The van der Waals surface area contributed by atoms with Gasteiger partial charge in [-0.3, -0.25) is 0 Å². The van der Waals surface area contributed by atoms with Gasteiger partial charge in [-0.1, -0.05) is 0 Å². The maximum absolute atomic E-state index is 9.04. The number of thiol groups is 1. The standard InChI is InChI=1S/C6H7NOSSe/c7-5-3(8)1-2-4(10)6(5)9/h1-2,8-10H,7H2. The van der Waals surface area contributed by atoms with Crippen LogP contribution in [0, 0.1) is 0 Å². The van der Waals surface area contributed by atoms with Crippen LogP contribution in [0.25, 0.3) is 0 Å². The van der Waals surface area contributed by atoms with Crippen molar-refractivity contribution >= 4 is 38.8 Å². The van der Waals surface area contributed by atoms with Gasteiger partial charge < -0.3 is 0 Å². The van der Waals surface area contributed by atoms with E-state index in [1.165, 1.54) is 0 Å². The van der Waals surface area contributed by atoms with E-state index in [1.54, 1.807) is 12.1 Å². The van der Waals surface area contributed by atoms with Gasteiger partial charge in [0.2, 0.25) is 0 Å². The zero-order chi connectivity index (χ0) is 7.72. The first-order valence-electron chi connectivity index (χ1n) is 2.62. The molecule has 0 saturated carbocycles. The minimum atomic E-state index is 0.0831. The van der Waals surface area contributed by atoms with Crippen LogP contribution in [0.2, 0.25) is 0 Å². The fourth-order valence-electron chi connectivity index (χ4n) is 0.586. The first-order valence-corrected chi connectivity index (χ1v) is 4.01. The van der Waals surface area contributed by atoms with Gasteiger partial charge in [0.1, 0.15) is 0 Å². The Balaban J connectivity index is 3.34. The zero-order valence-corrected chi connectivity index (χ0v) is 7.84. The van der Waals surface area contributed by atoms with Gasteiger partial charge in [-0.05, 0) is 0 Å². The first kappa shape index (κ1) is 7.79. The Hall–Kier alpha value is -0.311. The van der Waals surface area contributed by atoms with E-state index < -0.39 is 0 Å². The molecule has 0 aliphatic rings. The molecule has 0 aliphatic heterocycles. The summed E-state index contributed by atoms with van der Waals surface area (Å²) in [6.45, 7) is 0. The Morgan fingerprint density at radius 3 is 2.60 bits per heavy atom. The molecule has 3 N–H and O–H groups in total. The topological polar surface area (TPSA) is 46.2 Å². The summed E-state index contributed by atoms with van der Waals surface area (Å²) in [5.41, 5.74) is 5.78. The molecule has 0 fully saturated rings. The van der Waals surface area contributed by atoms with Gasteiger partial charge in [-0.25, -0.2) is 0 Å². The second kappa shape index (κ2) is 2.74. The van der Waals surface area contributed by atoms with Crippen LogP contribution in [0.4, 0.5) is 5.69 Å². The predicted octanol–water partition coefficient (Wildman–Crippen LogP) is -0.211. The number of hydrogen-bond acceptors (Lipinski definition) is 3. The van der Waals surface area contributed by atoms with E-state index in [9.17, 15) is 0 Å². The molecule has 0 bridgehead atoms. The van der Waals surface area contributed by atoms with Gasteiger partial charge >= 0.3 is 72.4 Å². The molecule has 4 heteroatoms. The van der Waals surface area contributed by atoms with E-state index in [0.717, 1.165) is 4.46 Å². The number of aromatic hydroxyl groups is 1. The van der Waals surface area contributed by atoms with Crippen molar-refractivity contribution in [1.29, 1.82) is 0 Å². The summed E-state index contributed by atoms with van der Waals surface area (Å²) in [6.07, 6.45) is 0. The number of hydrogen-bond donors (Lipinski definition) is 3. The molecular formula is C6H7NOSSe. The van der Waals surface area contributed by atoms with Crippen molar-refractivity contribution in [2.24, 2.45) is 0 Å². The van der Waals surface area contributed by atoms with Crippen LogP contribution in [-0.4, -0.2) is 21.1 Å². The van der Waals surface area contributed by atoms with E-state index >= 15 is 0 Å². The van der Waals surface area contributed by atoms with E-state index in [0.29, 0.717) is 10.6 Å². The quantitative estimate of drug-likeness (QED) is 0.245. The molecule has 2 nitrogen and oxygen atoms in total. The second-order valence-corrected chi connectivity index (χ2v) is 3.32. The average molecular weight is 220 g/mol. The third-order valence-corrected chi connectivity index (χ3v) is 2.82. The molecule has 0 spiro atoms. The van der Waals surface area contributed by atoms with E-state index in [-0.39, 0.29) is 5.75 Å². The van der Waals surface area contributed by atoms with E-state index in [2.05, 4.69) is 28.6 Å². The number of anilines is 1. The van der Waals surface area contributed by atoms with Crippen LogP contribution in [0.15, 0.2) is 17.0 Å². The molecular weight excluding hydrogens is 213 g/mol. The Bertz CT molecular complexity index is 237. The Morgan fingerprint density at radius 2 is 2.10 bits per heavy atom. The third kappa shape index (κ3) is 1.24. The van der Waals surface area contributed by atoms with Crippen molar-refractivity contribution in [1.82, 2.24) is 0 Å². The number of benzene rings is 1. The summed E-state index contributed by atoms with van der Waals surface area (Å²) in [6, 6.07) is 3.29. The maximum atomic E-state index is 9.04. The van der Waals surface area contributed by atoms with Gasteiger partial charge in [0.05, 0.1) is 0 Å². The summed E-state index contributed by atoms with van der Waals surface area (Å²) in [5, 5.41) is 9.04. The van der Waals surface area contributed by atoms with E-state index in [1.807, 2.05) is 0 Å². The number of phenolic OH excluding ortho intramolecular Hbond substituents is 1. The number of rotatable bonds is 0. The van der Waals surface area contributed by atoms with Crippen LogP contribution < -0.4 is 10.2 Å². The van der Waals surface area contributed by atoms with Crippen LogP contribution in [0.3, 0.4) is 0 Å². The third-order valence-electron chi connectivity index (χ3n) is 1.17. The number of nitrogen functional groups attached to an aromatic ring is 1. The Kier molecular flexibility index (Phi) is 2.14. The monoisotopic (exact) mass is 221 g/mol. The molecule has 0 saturated heterocycles. The zero-order valence-electron chi connectivity index (χ0n) is 5.07. The normalized spacial score (nSPS) is 9.80. The molecule has 54 valence electrons. The van der Waals surface area contributed by atoms with Crippen molar-refractivity contribution in [3.05, 3.63) is 12.1 Å². The fourth-order valence-corrected chi connectivity index (χ4v) is 1.18. The van der Waals surface area contributed by atoms with E-state index in [4.69, 9.17) is 10.8 Å². The molecule has 10 heavy (non-hydrogen) atoms. The van der Waals surface area contributed by atoms with Gasteiger partial charge in [0, 0.05) is 0 Å². The molecule has 1 aromatic carbocycles. The van der Waals surface area contributed by atoms with Crippen molar-refractivity contribution in [2.75, 3.05) is 5.73 Å². The Labute approximate surface area is 72.7 Å². The summed E-state index contributed by atoms with van der Waals surface area (Å²) in [7, 11) is 0. The van der Waals surface area contributed by atoms with Crippen molar-refractivity contribution < 1.29 is 5.11 Å². The van der Waals surface area contributed by atoms with Gasteiger partial charge in [-0.2, -0.15) is 0 Å². The van der Waals surface area contributed by atoms with Gasteiger partial charge in [0.25, 0.3) is 0 Å². The van der Waals surface area contributed by atoms with Crippen LogP contribution >= 0.6 is 12.6 Å². The molecule has 0 radical (unpaired) electrons. The molecule has 0 aromatic heterocycles. The van der Waals surface area contributed by atoms with Crippen LogP contribution in [0.1, 0.15) is 0 Å². The molecule has 0 heterocycles. The van der Waals surface area contributed by atoms with Crippen molar-refractivity contribution in [3.8, 4) is 5.75 Å². The van der Waals surface area contributed by atoms with Crippen LogP contribution in [-0.2, 0) is 0 Å². The number of nitrogens with two attached hydrogens (primary N) is 1. The Morgan fingerprint density at radius 1 is 1.50 bits per heavy atom. The molecule has 1 aromatic rings. The minimum absolute atomic E-state index is 0.0831.